The third-order valence-electron chi connectivity index (χ3n) is 3.94. The van der Waals surface area contributed by atoms with Crippen molar-refractivity contribution in [1.29, 1.82) is 0 Å². The van der Waals surface area contributed by atoms with Gasteiger partial charge in [-0.3, -0.25) is 9.59 Å². The molecule has 0 saturated heterocycles. The molecule has 0 unspecified atom stereocenters. The van der Waals surface area contributed by atoms with E-state index in [-0.39, 0.29) is 23.7 Å². The summed E-state index contributed by atoms with van der Waals surface area (Å²) in [4.78, 5) is 24.1. The molecule has 3 rings (SSSR count). The minimum absolute atomic E-state index is 0.217. The third-order valence-corrected chi connectivity index (χ3v) is 3.94. The first-order valence-corrected chi connectivity index (χ1v) is 8.29. The predicted molar refractivity (Wildman–Crippen MR) is 98.7 cm³/mol. The number of rotatable bonds is 6. The molecule has 0 aliphatic heterocycles. The zero-order valence-corrected chi connectivity index (χ0v) is 14.7. The summed E-state index contributed by atoms with van der Waals surface area (Å²) in [6.07, 6.45) is 0. The van der Waals surface area contributed by atoms with E-state index in [1.807, 2.05) is 30.3 Å². The van der Waals surface area contributed by atoms with E-state index in [2.05, 4.69) is 10.4 Å². The van der Waals surface area contributed by atoms with Crippen molar-refractivity contribution in [2.45, 2.75) is 13.1 Å². The zero-order valence-electron chi connectivity index (χ0n) is 14.7. The van der Waals surface area contributed by atoms with Gasteiger partial charge in [-0.15, -0.1) is 0 Å². The molecular weight excluding hydrogens is 349 g/mol. The Kier molecular flexibility index (Phi) is 5.61. The highest BCUT2D eigenvalue weighted by molar-refractivity contribution is 5.75. The Bertz CT molecular complexity index is 1000. The largest absolute Gasteiger partial charge is 0.497 e. The van der Waals surface area contributed by atoms with Crippen molar-refractivity contribution < 1.29 is 13.9 Å². The average molecular weight is 367 g/mol. The third kappa shape index (κ3) is 4.58. The minimum Gasteiger partial charge on any atom is -0.497 e. The zero-order chi connectivity index (χ0) is 19.2. The number of benzene rings is 2. The Balaban J connectivity index is 1.75. The highest BCUT2D eigenvalue weighted by atomic mass is 19.1. The monoisotopic (exact) mass is 367 g/mol. The van der Waals surface area contributed by atoms with E-state index in [1.165, 1.54) is 31.4 Å². The first kappa shape index (κ1) is 18.3. The van der Waals surface area contributed by atoms with Crippen LogP contribution in [0.1, 0.15) is 5.56 Å². The highest BCUT2D eigenvalue weighted by Crippen LogP contribution is 2.23. The van der Waals surface area contributed by atoms with Gasteiger partial charge in [0, 0.05) is 24.2 Å². The number of methoxy groups -OCH3 is 1. The van der Waals surface area contributed by atoms with Gasteiger partial charge in [0.25, 0.3) is 5.56 Å². The maximum atomic E-state index is 14.2. The maximum Gasteiger partial charge on any atom is 0.267 e. The van der Waals surface area contributed by atoms with Crippen molar-refractivity contribution >= 4 is 5.91 Å². The van der Waals surface area contributed by atoms with Gasteiger partial charge in [-0.1, -0.05) is 30.3 Å². The van der Waals surface area contributed by atoms with Crippen LogP contribution in [0.2, 0.25) is 0 Å². The Labute approximate surface area is 155 Å². The van der Waals surface area contributed by atoms with E-state index in [4.69, 9.17) is 4.74 Å². The summed E-state index contributed by atoms with van der Waals surface area (Å²) in [5.74, 6) is -0.508. The lowest BCUT2D eigenvalue weighted by Crippen LogP contribution is -2.33. The quantitative estimate of drug-likeness (QED) is 0.726. The fraction of sp³-hybridized carbons (Fsp3) is 0.150. The molecule has 2 aromatic carbocycles. The summed E-state index contributed by atoms with van der Waals surface area (Å²) in [6.45, 7) is 0.0957. The number of halogens is 1. The smallest absolute Gasteiger partial charge is 0.267 e. The van der Waals surface area contributed by atoms with Gasteiger partial charge in [-0.2, -0.15) is 5.10 Å². The first-order chi connectivity index (χ1) is 13.1. The Morgan fingerprint density at radius 1 is 1.15 bits per heavy atom. The molecule has 0 aliphatic carbocycles. The molecule has 1 amide bonds. The van der Waals surface area contributed by atoms with Gasteiger partial charge in [-0.25, -0.2) is 9.07 Å². The van der Waals surface area contributed by atoms with Crippen molar-refractivity contribution in [3.63, 3.8) is 0 Å². The molecule has 0 fully saturated rings. The number of ether oxygens (including phenoxy) is 1. The fourth-order valence-corrected chi connectivity index (χ4v) is 2.52. The van der Waals surface area contributed by atoms with Crippen molar-refractivity contribution in [2.75, 3.05) is 7.11 Å². The molecule has 0 spiro atoms. The molecule has 138 valence electrons. The summed E-state index contributed by atoms with van der Waals surface area (Å²) in [6, 6.07) is 16.4. The Hall–Kier alpha value is -3.48. The molecule has 0 aliphatic rings. The normalized spacial score (nSPS) is 10.4. The van der Waals surface area contributed by atoms with E-state index in [0.717, 1.165) is 10.2 Å². The van der Waals surface area contributed by atoms with Crippen LogP contribution in [-0.2, 0) is 17.9 Å². The molecule has 3 aromatic rings. The van der Waals surface area contributed by atoms with Crippen LogP contribution in [0.4, 0.5) is 4.39 Å². The fourth-order valence-electron chi connectivity index (χ4n) is 2.52. The molecule has 6 nitrogen and oxygen atoms in total. The topological polar surface area (TPSA) is 73.2 Å². The highest BCUT2D eigenvalue weighted by Gasteiger charge is 2.11. The molecule has 0 radical (unpaired) electrons. The molecular formula is C20H18FN3O3. The Morgan fingerprint density at radius 2 is 1.93 bits per heavy atom. The lowest BCUT2D eigenvalue weighted by atomic mass is 10.1. The number of nitrogens with one attached hydrogen (secondary N) is 1. The van der Waals surface area contributed by atoms with E-state index in [1.54, 1.807) is 6.07 Å². The van der Waals surface area contributed by atoms with E-state index < -0.39 is 11.4 Å². The average Bonchev–Trinajstić information content (AvgIpc) is 2.69. The molecule has 0 saturated carbocycles. The van der Waals surface area contributed by atoms with Gasteiger partial charge in [-0.05, 0) is 23.8 Å². The van der Waals surface area contributed by atoms with Gasteiger partial charge < -0.3 is 10.1 Å². The van der Waals surface area contributed by atoms with Crippen LogP contribution in [0.3, 0.4) is 0 Å². The number of amides is 1. The van der Waals surface area contributed by atoms with Gasteiger partial charge >= 0.3 is 0 Å². The van der Waals surface area contributed by atoms with Crippen LogP contribution in [0.25, 0.3) is 11.3 Å². The number of hydrogen-bond donors (Lipinski definition) is 1. The van der Waals surface area contributed by atoms with Crippen LogP contribution in [0, 0.1) is 5.82 Å². The molecule has 27 heavy (non-hydrogen) atoms. The lowest BCUT2D eigenvalue weighted by Gasteiger charge is -2.09. The van der Waals surface area contributed by atoms with E-state index in [0.29, 0.717) is 12.3 Å². The number of carbonyl (C=O) groups is 1. The van der Waals surface area contributed by atoms with Gasteiger partial charge in [0.15, 0.2) is 0 Å². The second-order valence-electron chi connectivity index (χ2n) is 5.82. The van der Waals surface area contributed by atoms with Gasteiger partial charge in [0.2, 0.25) is 5.91 Å². The second-order valence-corrected chi connectivity index (χ2v) is 5.82. The van der Waals surface area contributed by atoms with Crippen molar-refractivity contribution in [3.05, 3.63) is 82.4 Å². The van der Waals surface area contributed by atoms with Crippen LogP contribution in [-0.4, -0.2) is 22.8 Å². The maximum absolute atomic E-state index is 14.2. The van der Waals surface area contributed by atoms with E-state index in [9.17, 15) is 14.0 Å². The molecule has 0 atom stereocenters. The summed E-state index contributed by atoms with van der Waals surface area (Å²) in [5.41, 5.74) is 0.975. The summed E-state index contributed by atoms with van der Waals surface area (Å²) >= 11 is 0. The number of hydrogen-bond acceptors (Lipinski definition) is 4. The first-order valence-electron chi connectivity index (χ1n) is 8.29. The summed E-state index contributed by atoms with van der Waals surface area (Å²) in [5, 5.41) is 6.85. The van der Waals surface area contributed by atoms with Crippen molar-refractivity contribution in [2.24, 2.45) is 0 Å². The van der Waals surface area contributed by atoms with Crippen LogP contribution < -0.4 is 15.6 Å². The molecule has 1 N–H and O–H groups in total. The van der Waals surface area contributed by atoms with E-state index >= 15 is 0 Å². The van der Waals surface area contributed by atoms with Gasteiger partial charge in [0.05, 0.1) is 12.8 Å². The van der Waals surface area contributed by atoms with Crippen LogP contribution in [0.5, 0.6) is 5.75 Å². The second kappa shape index (κ2) is 8.27. The summed E-state index contributed by atoms with van der Waals surface area (Å²) in [7, 11) is 1.45. The van der Waals surface area contributed by atoms with Crippen molar-refractivity contribution in [3.8, 4) is 17.0 Å². The standard InChI is InChI=1S/C20H18FN3O3/c1-27-15-7-8-16(17(21)11-15)18-9-10-20(26)24(23-18)13-19(25)22-12-14-5-3-2-4-6-14/h2-11H,12-13H2,1H3,(H,22,25). The molecule has 1 heterocycles. The Morgan fingerprint density at radius 3 is 2.63 bits per heavy atom. The minimum atomic E-state index is -0.527. The SMILES string of the molecule is COc1ccc(-c2ccc(=O)n(CC(=O)NCc3ccccc3)n2)c(F)c1. The van der Waals surface area contributed by atoms with Gasteiger partial charge in [0.1, 0.15) is 18.1 Å². The number of nitrogens with zero attached hydrogens (tertiary/aromatic N) is 2. The lowest BCUT2D eigenvalue weighted by molar-refractivity contribution is -0.122. The number of carbonyl (C=O) groups excluding carboxylic acids is 1. The number of aromatic nitrogens is 2. The van der Waals surface area contributed by atoms with Crippen LogP contribution in [0.15, 0.2) is 65.5 Å². The van der Waals surface area contributed by atoms with Crippen molar-refractivity contribution in [1.82, 2.24) is 15.1 Å². The predicted octanol–water partition coefficient (Wildman–Crippen LogP) is 2.37. The molecule has 7 heteroatoms. The molecule has 0 bridgehead atoms. The summed E-state index contributed by atoms with van der Waals surface area (Å²) < 4.78 is 20.2. The molecule has 1 aromatic heterocycles. The van der Waals surface area contributed by atoms with Crippen LogP contribution >= 0.6 is 0 Å².